The van der Waals surface area contributed by atoms with Gasteiger partial charge in [-0.05, 0) is 32.1 Å². The highest BCUT2D eigenvalue weighted by atomic mass is 16.2. The highest BCUT2D eigenvalue weighted by Crippen LogP contribution is 2.24. The van der Waals surface area contributed by atoms with Gasteiger partial charge < -0.3 is 9.80 Å². The Kier molecular flexibility index (Phi) is 7.38. The molecule has 31 heavy (non-hydrogen) atoms. The zero-order chi connectivity index (χ0) is 22.2. The van der Waals surface area contributed by atoms with E-state index in [-0.39, 0.29) is 18.4 Å². The highest BCUT2D eigenvalue weighted by Gasteiger charge is 2.16. The van der Waals surface area contributed by atoms with E-state index in [0.29, 0.717) is 13.1 Å². The maximum absolute atomic E-state index is 12.6. The van der Waals surface area contributed by atoms with Crippen molar-refractivity contribution < 1.29 is 9.59 Å². The minimum atomic E-state index is -0.230. The molecule has 0 saturated carbocycles. The van der Waals surface area contributed by atoms with E-state index >= 15 is 0 Å². The van der Waals surface area contributed by atoms with E-state index in [1.165, 1.54) is 11.0 Å². The van der Waals surface area contributed by atoms with Crippen molar-refractivity contribution in [2.75, 3.05) is 26.7 Å². The zero-order valence-corrected chi connectivity index (χ0v) is 18.2. The molecular formula is C25H28N4O2. The van der Waals surface area contributed by atoms with E-state index in [1.54, 1.807) is 22.7 Å². The van der Waals surface area contributed by atoms with Crippen LogP contribution in [-0.2, 0) is 9.59 Å². The summed E-state index contributed by atoms with van der Waals surface area (Å²) in [6, 6.07) is 19.7. The smallest absolute Gasteiger partial charge is 0.246 e. The van der Waals surface area contributed by atoms with Crippen molar-refractivity contribution in [1.82, 2.24) is 19.6 Å². The summed E-state index contributed by atoms with van der Waals surface area (Å²) in [5.74, 6) is -0.289. The summed E-state index contributed by atoms with van der Waals surface area (Å²) in [5, 5.41) is 4.75. The summed E-state index contributed by atoms with van der Waals surface area (Å²) < 4.78 is 1.81. The quantitative estimate of drug-likeness (QED) is 0.524. The lowest BCUT2D eigenvalue weighted by molar-refractivity contribution is -0.136. The van der Waals surface area contributed by atoms with Gasteiger partial charge in [0.2, 0.25) is 11.8 Å². The Bertz CT molecular complexity index is 1040. The van der Waals surface area contributed by atoms with Crippen LogP contribution in [0.2, 0.25) is 0 Å². The SMILES string of the molecule is CCN(CC)C(=O)CN(C)C(=O)/C=C/c1cn(-c2ccccc2)nc1-c1ccccc1. The van der Waals surface area contributed by atoms with Crippen molar-refractivity contribution in [3.8, 4) is 16.9 Å². The number of hydrogen-bond acceptors (Lipinski definition) is 3. The van der Waals surface area contributed by atoms with Crippen LogP contribution in [0.3, 0.4) is 0 Å². The molecule has 3 rings (SSSR count). The minimum Gasteiger partial charge on any atom is -0.342 e. The van der Waals surface area contributed by atoms with Gasteiger partial charge in [-0.1, -0.05) is 48.5 Å². The second kappa shape index (κ2) is 10.4. The summed E-state index contributed by atoms with van der Waals surface area (Å²) in [7, 11) is 1.64. The summed E-state index contributed by atoms with van der Waals surface area (Å²) in [6.45, 7) is 5.18. The Morgan fingerprint density at radius 3 is 2.19 bits per heavy atom. The number of hydrogen-bond donors (Lipinski definition) is 0. The first-order chi connectivity index (χ1) is 15.0. The second-order valence-corrected chi connectivity index (χ2v) is 7.17. The van der Waals surface area contributed by atoms with E-state index in [9.17, 15) is 9.59 Å². The zero-order valence-electron chi connectivity index (χ0n) is 18.2. The predicted molar refractivity (Wildman–Crippen MR) is 124 cm³/mol. The van der Waals surface area contributed by atoms with Crippen LogP contribution in [0, 0.1) is 0 Å². The monoisotopic (exact) mass is 416 g/mol. The van der Waals surface area contributed by atoms with Crippen molar-refractivity contribution in [3.63, 3.8) is 0 Å². The third kappa shape index (κ3) is 5.48. The van der Waals surface area contributed by atoms with Crippen LogP contribution < -0.4 is 0 Å². The van der Waals surface area contributed by atoms with Gasteiger partial charge in [0, 0.05) is 43.5 Å². The lowest BCUT2D eigenvalue weighted by atomic mass is 10.1. The number of amides is 2. The number of benzene rings is 2. The van der Waals surface area contributed by atoms with Crippen molar-refractivity contribution in [1.29, 1.82) is 0 Å². The molecule has 0 atom stereocenters. The number of likely N-dealkylation sites (N-methyl/N-ethyl adjacent to an activating group) is 2. The van der Waals surface area contributed by atoms with Gasteiger partial charge in [-0.3, -0.25) is 9.59 Å². The molecule has 0 unspecified atom stereocenters. The summed E-state index contributed by atoms with van der Waals surface area (Å²) in [6.07, 6.45) is 5.16. The number of carbonyl (C=O) groups is 2. The molecule has 0 bridgehead atoms. The molecule has 0 fully saturated rings. The molecule has 0 aliphatic rings. The topological polar surface area (TPSA) is 58.4 Å². The van der Waals surface area contributed by atoms with Gasteiger partial charge in [-0.2, -0.15) is 5.10 Å². The van der Waals surface area contributed by atoms with Crippen LogP contribution >= 0.6 is 0 Å². The van der Waals surface area contributed by atoms with Gasteiger partial charge in [-0.15, -0.1) is 0 Å². The van der Waals surface area contributed by atoms with E-state index in [0.717, 1.165) is 22.5 Å². The van der Waals surface area contributed by atoms with Crippen LogP contribution in [0.25, 0.3) is 23.0 Å². The van der Waals surface area contributed by atoms with E-state index in [4.69, 9.17) is 5.10 Å². The molecule has 0 radical (unpaired) electrons. The molecule has 1 heterocycles. The number of nitrogens with zero attached hydrogens (tertiary/aromatic N) is 4. The summed E-state index contributed by atoms with van der Waals surface area (Å²) >= 11 is 0. The Morgan fingerprint density at radius 2 is 1.58 bits per heavy atom. The lowest BCUT2D eigenvalue weighted by Gasteiger charge is -2.22. The van der Waals surface area contributed by atoms with Crippen LogP contribution in [-0.4, -0.2) is 58.1 Å². The molecule has 0 aliphatic carbocycles. The third-order valence-corrected chi connectivity index (χ3v) is 5.08. The standard InChI is InChI=1S/C25H28N4O2/c1-4-28(5-2)24(31)19-27(3)23(30)17-16-21-18-29(22-14-10-7-11-15-22)26-25(21)20-12-8-6-9-13-20/h6-18H,4-5,19H2,1-3H3/b17-16+. The third-order valence-electron chi connectivity index (χ3n) is 5.08. The maximum Gasteiger partial charge on any atom is 0.246 e. The average molecular weight is 417 g/mol. The van der Waals surface area contributed by atoms with Gasteiger partial charge in [0.15, 0.2) is 0 Å². The molecule has 3 aromatic rings. The largest absolute Gasteiger partial charge is 0.342 e. The molecule has 1 aromatic heterocycles. The number of carbonyl (C=O) groups excluding carboxylic acids is 2. The lowest BCUT2D eigenvalue weighted by Crippen LogP contribution is -2.40. The van der Waals surface area contributed by atoms with Gasteiger partial charge in [-0.25, -0.2) is 4.68 Å². The molecule has 6 heteroatoms. The number of aromatic nitrogens is 2. The normalized spacial score (nSPS) is 10.9. The van der Waals surface area contributed by atoms with Gasteiger partial charge in [0.05, 0.1) is 17.9 Å². The molecular weight excluding hydrogens is 388 g/mol. The van der Waals surface area contributed by atoms with Crippen molar-refractivity contribution in [2.45, 2.75) is 13.8 Å². The molecule has 0 N–H and O–H groups in total. The second-order valence-electron chi connectivity index (χ2n) is 7.17. The fourth-order valence-electron chi connectivity index (χ4n) is 3.29. The molecule has 2 amide bonds. The number of para-hydroxylation sites is 1. The van der Waals surface area contributed by atoms with Crippen LogP contribution in [0.1, 0.15) is 19.4 Å². The fourth-order valence-corrected chi connectivity index (χ4v) is 3.29. The van der Waals surface area contributed by atoms with Crippen molar-refractivity contribution in [2.24, 2.45) is 0 Å². The van der Waals surface area contributed by atoms with E-state index < -0.39 is 0 Å². The van der Waals surface area contributed by atoms with Crippen LogP contribution in [0.4, 0.5) is 0 Å². The van der Waals surface area contributed by atoms with Crippen LogP contribution in [0.15, 0.2) is 72.9 Å². The van der Waals surface area contributed by atoms with E-state index in [1.807, 2.05) is 80.7 Å². The fraction of sp³-hybridized carbons (Fsp3) is 0.240. The molecule has 0 aliphatic heterocycles. The molecule has 6 nitrogen and oxygen atoms in total. The average Bonchev–Trinajstić information content (AvgIpc) is 3.23. The minimum absolute atomic E-state index is 0.0552. The first-order valence-corrected chi connectivity index (χ1v) is 10.4. The van der Waals surface area contributed by atoms with E-state index in [2.05, 4.69) is 0 Å². The van der Waals surface area contributed by atoms with Crippen molar-refractivity contribution in [3.05, 3.63) is 78.5 Å². The van der Waals surface area contributed by atoms with Crippen LogP contribution in [0.5, 0.6) is 0 Å². The first-order valence-electron chi connectivity index (χ1n) is 10.4. The number of rotatable bonds is 8. The summed E-state index contributed by atoms with van der Waals surface area (Å²) in [5.41, 5.74) is 3.52. The maximum atomic E-state index is 12.6. The molecule has 2 aromatic carbocycles. The molecule has 0 spiro atoms. The molecule has 160 valence electrons. The predicted octanol–water partition coefficient (Wildman–Crippen LogP) is 3.88. The summed E-state index contributed by atoms with van der Waals surface area (Å²) in [4.78, 5) is 28.0. The highest BCUT2D eigenvalue weighted by molar-refractivity contribution is 5.95. The Balaban J connectivity index is 1.84. The Morgan fingerprint density at radius 1 is 0.968 bits per heavy atom. The van der Waals surface area contributed by atoms with Gasteiger partial charge >= 0.3 is 0 Å². The van der Waals surface area contributed by atoms with Gasteiger partial charge in [0.25, 0.3) is 0 Å². The first kappa shape index (κ1) is 22.0. The Hall–Kier alpha value is -3.67. The Labute approximate surface area is 183 Å². The van der Waals surface area contributed by atoms with Crippen molar-refractivity contribution >= 4 is 17.9 Å². The van der Waals surface area contributed by atoms with Gasteiger partial charge in [0.1, 0.15) is 0 Å². The molecule has 0 saturated heterocycles.